The fraction of sp³-hybridized carbons (Fsp3) is 0.579. The van der Waals surface area contributed by atoms with Gasteiger partial charge in [0.2, 0.25) is 0 Å². The maximum atomic E-state index is 9.34. The van der Waals surface area contributed by atoms with Gasteiger partial charge in [-0.2, -0.15) is 0 Å². The minimum atomic E-state index is -0.0291. The van der Waals surface area contributed by atoms with Gasteiger partial charge in [0.1, 0.15) is 5.65 Å². The lowest BCUT2D eigenvalue weighted by Gasteiger charge is -2.24. The van der Waals surface area contributed by atoms with E-state index in [1.807, 2.05) is 28.8 Å². The van der Waals surface area contributed by atoms with E-state index in [-0.39, 0.29) is 36.0 Å². The topological polar surface area (TPSA) is 83.2 Å². The molecule has 3 N–H and O–H groups in total. The molecular formula is C19H30IN5O2. The van der Waals surface area contributed by atoms with Crippen molar-refractivity contribution in [2.75, 3.05) is 39.5 Å². The van der Waals surface area contributed by atoms with E-state index < -0.39 is 0 Å². The normalized spacial score (nSPS) is 19.9. The molecule has 0 bridgehead atoms. The summed E-state index contributed by atoms with van der Waals surface area (Å²) < 4.78 is 7.58. The molecule has 3 rings (SSSR count). The average Bonchev–Trinajstić information content (AvgIpc) is 3.27. The highest BCUT2D eigenvalue weighted by Crippen LogP contribution is 2.32. The molecule has 1 aliphatic heterocycles. The van der Waals surface area contributed by atoms with Crippen molar-refractivity contribution in [1.82, 2.24) is 20.0 Å². The van der Waals surface area contributed by atoms with Gasteiger partial charge in [-0.3, -0.25) is 4.99 Å². The van der Waals surface area contributed by atoms with Gasteiger partial charge >= 0.3 is 0 Å². The second kappa shape index (κ2) is 10.8. The summed E-state index contributed by atoms with van der Waals surface area (Å²) in [6.45, 7) is 5.91. The van der Waals surface area contributed by atoms with Crippen LogP contribution in [0.1, 0.15) is 25.5 Å². The van der Waals surface area contributed by atoms with E-state index in [2.05, 4.69) is 28.7 Å². The molecular weight excluding hydrogens is 457 g/mol. The number of fused-ring (bicyclic) bond motifs is 1. The molecule has 0 aliphatic carbocycles. The number of nitrogens with one attached hydrogen (secondary N) is 2. The smallest absolute Gasteiger partial charge is 0.191 e. The standard InChI is InChI=1S/C19H29N5O2.HI/c1-2-20-18(22-14-19(7-11-25)8-12-26-15-19)21-9-6-16-13-24-10-4-3-5-17(24)23-16;/h3-5,10,13,25H,2,6-9,11-12,14-15H2,1H3,(H2,20,21,22);1H. The molecule has 1 unspecified atom stereocenters. The van der Waals surface area contributed by atoms with Crippen LogP contribution in [-0.4, -0.2) is 59.9 Å². The number of aliphatic imine (C=N–C) groups is 1. The first kappa shape index (κ1) is 21.9. The van der Waals surface area contributed by atoms with E-state index in [4.69, 9.17) is 9.73 Å². The van der Waals surface area contributed by atoms with Gasteiger partial charge in [0.15, 0.2) is 5.96 Å². The number of aliphatic hydroxyl groups is 1. The van der Waals surface area contributed by atoms with E-state index in [0.29, 0.717) is 13.2 Å². The van der Waals surface area contributed by atoms with E-state index in [0.717, 1.165) is 56.3 Å². The molecule has 7 nitrogen and oxygen atoms in total. The Labute approximate surface area is 177 Å². The number of ether oxygens (including phenoxy) is 1. The molecule has 0 radical (unpaired) electrons. The van der Waals surface area contributed by atoms with Crippen molar-refractivity contribution in [3.63, 3.8) is 0 Å². The van der Waals surface area contributed by atoms with Gasteiger partial charge in [0.05, 0.1) is 18.8 Å². The third kappa shape index (κ3) is 6.05. The lowest BCUT2D eigenvalue weighted by atomic mass is 9.84. The van der Waals surface area contributed by atoms with Crippen LogP contribution in [0, 0.1) is 5.41 Å². The van der Waals surface area contributed by atoms with Gasteiger partial charge in [0, 0.05) is 50.5 Å². The third-order valence-corrected chi connectivity index (χ3v) is 4.83. The Morgan fingerprint density at radius 3 is 3.00 bits per heavy atom. The Kier molecular flexibility index (Phi) is 8.78. The fourth-order valence-electron chi connectivity index (χ4n) is 3.29. The van der Waals surface area contributed by atoms with Crippen LogP contribution < -0.4 is 10.6 Å². The van der Waals surface area contributed by atoms with Crippen LogP contribution in [0.3, 0.4) is 0 Å². The number of rotatable bonds is 8. The molecule has 2 aromatic rings. The maximum absolute atomic E-state index is 9.34. The predicted molar refractivity (Wildman–Crippen MR) is 118 cm³/mol. The number of nitrogens with zero attached hydrogens (tertiary/aromatic N) is 3. The SMILES string of the molecule is CCNC(=NCC1(CCO)CCOC1)NCCc1cn2ccccc2n1.I. The van der Waals surface area contributed by atoms with E-state index in [1.165, 1.54) is 0 Å². The van der Waals surface area contributed by atoms with E-state index in [1.54, 1.807) is 0 Å². The van der Waals surface area contributed by atoms with Gasteiger partial charge in [-0.1, -0.05) is 6.07 Å². The minimum absolute atomic E-state index is 0. The monoisotopic (exact) mass is 487 g/mol. The van der Waals surface area contributed by atoms with Crippen LogP contribution in [0.15, 0.2) is 35.6 Å². The Morgan fingerprint density at radius 1 is 1.41 bits per heavy atom. The van der Waals surface area contributed by atoms with Gasteiger partial charge < -0.3 is 24.9 Å². The van der Waals surface area contributed by atoms with Crippen molar-refractivity contribution in [2.24, 2.45) is 10.4 Å². The van der Waals surface area contributed by atoms with Crippen LogP contribution >= 0.6 is 24.0 Å². The predicted octanol–water partition coefficient (Wildman–Crippen LogP) is 1.84. The number of pyridine rings is 1. The zero-order valence-electron chi connectivity index (χ0n) is 15.9. The van der Waals surface area contributed by atoms with Crippen molar-refractivity contribution >= 4 is 35.6 Å². The molecule has 0 amide bonds. The minimum Gasteiger partial charge on any atom is -0.396 e. The van der Waals surface area contributed by atoms with Crippen molar-refractivity contribution in [3.05, 3.63) is 36.3 Å². The summed E-state index contributed by atoms with van der Waals surface area (Å²) in [6.07, 6.45) is 6.59. The molecule has 3 heterocycles. The van der Waals surface area contributed by atoms with E-state index in [9.17, 15) is 5.11 Å². The quantitative estimate of drug-likeness (QED) is 0.301. The van der Waals surface area contributed by atoms with Crippen LogP contribution in [0.25, 0.3) is 5.65 Å². The van der Waals surface area contributed by atoms with Crippen LogP contribution in [0.5, 0.6) is 0 Å². The molecule has 1 aliphatic rings. The highest BCUT2D eigenvalue weighted by atomic mass is 127. The summed E-state index contributed by atoms with van der Waals surface area (Å²) in [7, 11) is 0. The van der Waals surface area contributed by atoms with Gasteiger partial charge in [0.25, 0.3) is 0 Å². The molecule has 0 aromatic carbocycles. The highest BCUT2D eigenvalue weighted by molar-refractivity contribution is 14.0. The molecule has 27 heavy (non-hydrogen) atoms. The zero-order chi connectivity index (χ0) is 18.2. The second-order valence-electron chi connectivity index (χ2n) is 6.85. The van der Waals surface area contributed by atoms with Crippen LogP contribution in [-0.2, 0) is 11.2 Å². The number of imidazole rings is 1. The summed E-state index contributed by atoms with van der Waals surface area (Å²) in [4.78, 5) is 9.36. The number of guanidine groups is 1. The zero-order valence-corrected chi connectivity index (χ0v) is 18.2. The first-order valence-electron chi connectivity index (χ1n) is 9.38. The van der Waals surface area contributed by atoms with Crippen molar-refractivity contribution in [2.45, 2.75) is 26.2 Å². The molecule has 1 atom stereocenters. The maximum Gasteiger partial charge on any atom is 0.191 e. The van der Waals surface area contributed by atoms with Gasteiger partial charge in [-0.15, -0.1) is 24.0 Å². The molecule has 1 fully saturated rings. The number of hydrogen-bond acceptors (Lipinski definition) is 4. The van der Waals surface area contributed by atoms with Crippen LogP contribution in [0.2, 0.25) is 0 Å². The number of hydrogen-bond donors (Lipinski definition) is 3. The molecule has 150 valence electrons. The Morgan fingerprint density at radius 2 is 2.30 bits per heavy atom. The van der Waals surface area contributed by atoms with Crippen molar-refractivity contribution in [1.29, 1.82) is 0 Å². The molecule has 8 heteroatoms. The summed E-state index contributed by atoms with van der Waals surface area (Å²) in [5.41, 5.74) is 1.99. The first-order chi connectivity index (χ1) is 12.7. The fourth-order valence-corrected chi connectivity index (χ4v) is 3.29. The first-order valence-corrected chi connectivity index (χ1v) is 9.38. The van der Waals surface area contributed by atoms with Gasteiger partial charge in [-0.05, 0) is 31.9 Å². The Hall–Kier alpha value is -1.39. The lowest BCUT2D eigenvalue weighted by Crippen LogP contribution is -2.39. The molecule has 1 saturated heterocycles. The summed E-state index contributed by atoms with van der Waals surface area (Å²) in [6, 6.07) is 6.00. The number of aliphatic hydroxyl groups excluding tert-OH is 1. The summed E-state index contributed by atoms with van der Waals surface area (Å²) in [5, 5.41) is 16.0. The molecule has 0 spiro atoms. The van der Waals surface area contributed by atoms with Gasteiger partial charge in [-0.25, -0.2) is 4.98 Å². The second-order valence-corrected chi connectivity index (χ2v) is 6.85. The average molecular weight is 487 g/mol. The highest BCUT2D eigenvalue weighted by Gasteiger charge is 2.34. The number of aromatic nitrogens is 2. The Balaban J connectivity index is 0.00000261. The molecule has 0 saturated carbocycles. The molecule has 2 aromatic heterocycles. The van der Waals surface area contributed by atoms with Crippen molar-refractivity contribution < 1.29 is 9.84 Å². The summed E-state index contributed by atoms with van der Waals surface area (Å²) >= 11 is 0. The van der Waals surface area contributed by atoms with E-state index >= 15 is 0 Å². The third-order valence-electron chi connectivity index (χ3n) is 4.83. The lowest BCUT2D eigenvalue weighted by molar-refractivity contribution is 0.131. The van der Waals surface area contributed by atoms with Crippen LogP contribution in [0.4, 0.5) is 0 Å². The largest absolute Gasteiger partial charge is 0.396 e. The summed E-state index contributed by atoms with van der Waals surface area (Å²) in [5.74, 6) is 0.806. The Bertz CT molecular complexity index is 695. The van der Waals surface area contributed by atoms with Crippen molar-refractivity contribution in [3.8, 4) is 0 Å². The number of halogens is 1.